The highest BCUT2D eigenvalue weighted by Gasteiger charge is 2.25. The molecule has 6 nitrogen and oxygen atoms in total. The maximum atomic E-state index is 12.7. The molecule has 0 N–H and O–H groups in total. The summed E-state index contributed by atoms with van der Waals surface area (Å²) in [7, 11) is 0. The molecule has 0 aliphatic carbocycles. The Morgan fingerprint density at radius 2 is 1.50 bits per heavy atom. The summed E-state index contributed by atoms with van der Waals surface area (Å²) in [4.78, 5) is 31.2. The van der Waals surface area contributed by atoms with Gasteiger partial charge in [-0.1, -0.05) is 17.7 Å². The second kappa shape index (κ2) is 8.53. The number of nitrogens with zero attached hydrogens (tertiary/aromatic N) is 4. The number of likely N-dealkylation sites (tertiary alicyclic amines) is 1. The van der Waals surface area contributed by atoms with Crippen LogP contribution in [0.3, 0.4) is 0 Å². The Morgan fingerprint density at radius 3 is 2.25 bits per heavy atom. The lowest BCUT2D eigenvalue weighted by Gasteiger charge is -2.36. The van der Waals surface area contributed by atoms with Gasteiger partial charge < -0.3 is 14.4 Å². The van der Waals surface area contributed by atoms with Gasteiger partial charge in [0.25, 0.3) is 0 Å². The summed E-state index contributed by atoms with van der Waals surface area (Å²) in [5.41, 5.74) is 0.978. The molecule has 2 amide bonds. The number of carbonyl (C=O) groups excluding carboxylic acids is 2. The third kappa shape index (κ3) is 4.33. The Balaban J connectivity index is 1.29. The minimum Gasteiger partial charge on any atom is -0.342 e. The smallest absolute Gasteiger partial charge is 0.242 e. The van der Waals surface area contributed by atoms with Gasteiger partial charge in [0.1, 0.15) is 6.54 Å². The van der Waals surface area contributed by atoms with Crippen LogP contribution < -0.4 is 0 Å². The summed E-state index contributed by atoms with van der Waals surface area (Å²) in [5, 5.41) is 1.75. The Labute approximate surface area is 170 Å². The minimum atomic E-state index is 0.111. The molecule has 2 aliphatic heterocycles. The quantitative estimate of drug-likeness (QED) is 0.789. The fraction of sp³-hybridized carbons (Fsp3) is 0.524. The van der Waals surface area contributed by atoms with Gasteiger partial charge in [-0.25, -0.2) is 0 Å². The zero-order valence-corrected chi connectivity index (χ0v) is 16.9. The van der Waals surface area contributed by atoms with Gasteiger partial charge in [-0.15, -0.1) is 0 Å². The van der Waals surface area contributed by atoms with E-state index in [1.165, 1.54) is 6.42 Å². The molecule has 0 atom stereocenters. The molecule has 7 heteroatoms. The van der Waals surface area contributed by atoms with Crippen molar-refractivity contribution >= 4 is 34.3 Å². The molecule has 1 aromatic heterocycles. The summed E-state index contributed by atoms with van der Waals surface area (Å²) < 4.78 is 1.95. The number of amides is 2. The second-order valence-corrected chi connectivity index (χ2v) is 8.18. The van der Waals surface area contributed by atoms with Gasteiger partial charge in [-0.3, -0.25) is 14.5 Å². The number of carbonyl (C=O) groups is 2. The summed E-state index contributed by atoms with van der Waals surface area (Å²) in [6, 6.07) is 7.73. The zero-order chi connectivity index (χ0) is 19.5. The fourth-order valence-electron chi connectivity index (χ4n) is 4.13. The lowest BCUT2D eigenvalue weighted by atomic mass is 10.1. The van der Waals surface area contributed by atoms with Gasteiger partial charge in [0.2, 0.25) is 11.8 Å². The summed E-state index contributed by atoms with van der Waals surface area (Å²) in [6.45, 7) is 5.43. The molecule has 2 fully saturated rings. The maximum absolute atomic E-state index is 12.7. The van der Waals surface area contributed by atoms with E-state index in [1.807, 2.05) is 44.8 Å². The van der Waals surface area contributed by atoms with E-state index in [1.54, 1.807) is 0 Å². The van der Waals surface area contributed by atoms with Crippen LogP contribution in [0.4, 0.5) is 0 Å². The molecular formula is C21H27ClN4O2. The molecule has 1 aromatic carbocycles. The highest BCUT2D eigenvalue weighted by atomic mass is 35.5. The highest BCUT2D eigenvalue weighted by molar-refractivity contribution is 6.31. The van der Waals surface area contributed by atoms with Crippen molar-refractivity contribution in [3.8, 4) is 0 Å². The van der Waals surface area contributed by atoms with Crippen molar-refractivity contribution in [1.82, 2.24) is 19.3 Å². The molecule has 2 aromatic rings. The van der Waals surface area contributed by atoms with Crippen molar-refractivity contribution in [3.63, 3.8) is 0 Å². The van der Waals surface area contributed by atoms with E-state index >= 15 is 0 Å². The predicted molar refractivity (Wildman–Crippen MR) is 110 cm³/mol. The number of fused-ring (bicyclic) bond motifs is 1. The topological polar surface area (TPSA) is 48.8 Å². The first-order valence-electron chi connectivity index (χ1n) is 10.1. The molecule has 0 radical (unpaired) electrons. The van der Waals surface area contributed by atoms with Crippen molar-refractivity contribution < 1.29 is 9.59 Å². The molecule has 0 unspecified atom stereocenters. The van der Waals surface area contributed by atoms with Crippen LogP contribution >= 0.6 is 11.6 Å². The van der Waals surface area contributed by atoms with Gasteiger partial charge in [-0.05, 0) is 42.8 Å². The molecule has 150 valence electrons. The first-order valence-corrected chi connectivity index (χ1v) is 10.5. The Morgan fingerprint density at radius 1 is 0.821 bits per heavy atom. The van der Waals surface area contributed by atoms with Crippen LogP contribution in [-0.2, 0) is 16.1 Å². The van der Waals surface area contributed by atoms with Gasteiger partial charge in [0.05, 0.1) is 6.54 Å². The Kier molecular flexibility index (Phi) is 5.87. The van der Waals surface area contributed by atoms with E-state index in [0.717, 1.165) is 49.9 Å². The van der Waals surface area contributed by atoms with Crippen molar-refractivity contribution in [2.45, 2.75) is 25.8 Å². The Bertz CT molecular complexity index is 851. The molecular weight excluding hydrogens is 376 g/mol. The van der Waals surface area contributed by atoms with Crippen molar-refractivity contribution in [1.29, 1.82) is 0 Å². The molecule has 0 bridgehead atoms. The van der Waals surface area contributed by atoms with Crippen LogP contribution in [0.5, 0.6) is 0 Å². The lowest BCUT2D eigenvalue weighted by molar-refractivity contribution is -0.135. The summed E-state index contributed by atoms with van der Waals surface area (Å²) in [6.07, 6.45) is 5.40. The molecule has 2 saturated heterocycles. The number of hydrogen-bond acceptors (Lipinski definition) is 3. The predicted octanol–water partition coefficient (Wildman–Crippen LogP) is 2.45. The lowest BCUT2D eigenvalue weighted by Crippen LogP contribution is -2.52. The molecule has 0 saturated carbocycles. The van der Waals surface area contributed by atoms with E-state index in [2.05, 4.69) is 4.90 Å². The first-order chi connectivity index (χ1) is 13.6. The van der Waals surface area contributed by atoms with Gasteiger partial charge in [0.15, 0.2) is 0 Å². The first kappa shape index (κ1) is 19.3. The number of benzene rings is 1. The third-order valence-corrected chi connectivity index (χ3v) is 6.07. The molecule has 4 rings (SSSR count). The highest BCUT2D eigenvalue weighted by Crippen LogP contribution is 2.21. The largest absolute Gasteiger partial charge is 0.342 e. The van der Waals surface area contributed by atoms with E-state index in [0.29, 0.717) is 31.2 Å². The minimum absolute atomic E-state index is 0.111. The van der Waals surface area contributed by atoms with Crippen LogP contribution in [0.2, 0.25) is 5.02 Å². The van der Waals surface area contributed by atoms with Crippen LogP contribution in [-0.4, -0.2) is 76.9 Å². The molecule has 2 aliphatic rings. The monoisotopic (exact) mass is 402 g/mol. The summed E-state index contributed by atoms with van der Waals surface area (Å²) >= 11 is 6.10. The van der Waals surface area contributed by atoms with Gasteiger partial charge in [0, 0.05) is 56.0 Å². The van der Waals surface area contributed by atoms with Gasteiger partial charge >= 0.3 is 0 Å². The SMILES string of the molecule is O=C(CN1CCN(C(=O)Cn2ccc3ccc(Cl)cc32)CC1)N1CCCCC1. The average molecular weight is 403 g/mol. The Hall–Kier alpha value is -2.05. The maximum Gasteiger partial charge on any atom is 0.242 e. The number of piperidine rings is 1. The van der Waals surface area contributed by atoms with Crippen molar-refractivity contribution in [2.24, 2.45) is 0 Å². The number of halogens is 1. The fourth-order valence-corrected chi connectivity index (χ4v) is 4.30. The van der Waals surface area contributed by atoms with Crippen molar-refractivity contribution in [3.05, 3.63) is 35.5 Å². The number of hydrogen-bond donors (Lipinski definition) is 0. The van der Waals surface area contributed by atoms with Crippen LogP contribution in [0.1, 0.15) is 19.3 Å². The normalized spacial score (nSPS) is 18.6. The average Bonchev–Trinajstić information content (AvgIpc) is 3.11. The standard InChI is InChI=1S/C21H27ClN4O2/c22-18-5-4-17-6-9-26(19(17)14-18)16-21(28)25-12-10-23(11-13-25)15-20(27)24-7-2-1-3-8-24/h4-6,9,14H,1-3,7-8,10-13,15-16H2. The summed E-state index contributed by atoms with van der Waals surface area (Å²) in [5.74, 6) is 0.342. The molecule has 28 heavy (non-hydrogen) atoms. The zero-order valence-electron chi connectivity index (χ0n) is 16.1. The van der Waals surface area contributed by atoms with E-state index in [9.17, 15) is 9.59 Å². The second-order valence-electron chi connectivity index (χ2n) is 7.75. The van der Waals surface area contributed by atoms with Crippen LogP contribution in [0.25, 0.3) is 10.9 Å². The number of aromatic nitrogens is 1. The molecule has 0 spiro atoms. The molecule has 3 heterocycles. The van der Waals surface area contributed by atoms with E-state index in [-0.39, 0.29) is 11.8 Å². The van der Waals surface area contributed by atoms with E-state index < -0.39 is 0 Å². The van der Waals surface area contributed by atoms with Crippen molar-refractivity contribution in [2.75, 3.05) is 45.8 Å². The van der Waals surface area contributed by atoms with Gasteiger partial charge in [-0.2, -0.15) is 0 Å². The third-order valence-electron chi connectivity index (χ3n) is 5.83. The van der Waals surface area contributed by atoms with Crippen LogP contribution in [0, 0.1) is 0 Å². The van der Waals surface area contributed by atoms with E-state index in [4.69, 9.17) is 11.6 Å². The number of rotatable bonds is 4. The number of piperazine rings is 1. The van der Waals surface area contributed by atoms with Crippen LogP contribution in [0.15, 0.2) is 30.5 Å².